The minimum atomic E-state index is -1.13. The zero-order chi connectivity index (χ0) is 20.8. The van der Waals surface area contributed by atoms with Crippen molar-refractivity contribution >= 4 is 29.7 Å². The number of nitrogens with one attached hydrogen (secondary N) is 1. The number of benzene rings is 1. The van der Waals surface area contributed by atoms with Crippen molar-refractivity contribution in [2.75, 3.05) is 0 Å². The standard InChI is InChI=1S/C20H25NO6/c1-12(22)16(19(26)27-20(3,4)5)10-14-6-8-15(9-7-14)11-17(18(24)25)21-13(2)23/h6-10,17H,11H2,1-5H3,(H,21,23)(H,24,25)/b16-10+. The van der Waals surface area contributed by atoms with Gasteiger partial charge in [0.25, 0.3) is 0 Å². The highest BCUT2D eigenvalue weighted by Crippen LogP contribution is 2.16. The normalized spacial score (nSPS) is 12.9. The molecule has 146 valence electrons. The predicted molar refractivity (Wildman–Crippen MR) is 99.9 cm³/mol. The maximum atomic E-state index is 12.2. The number of rotatable bonds is 7. The third-order valence-electron chi connectivity index (χ3n) is 3.40. The lowest BCUT2D eigenvalue weighted by atomic mass is 10.0. The smallest absolute Gasteiger partial charge is 0.342 e. The predicted octanol–water partition coefficient (Wildman–Crippen LogP) is 2.13. The number of ether oxygens (including phenoxy) is 1. The Morgan fingerprint density at radius 2 is 1.67 bits per heavy atom. The fourth-order valence-electron chi connectivity index (χ4n) is 2.24. The van der Waals surface area contributed by atoms with Crippen LogP contribution in [0.3, 0.4) is 0 Å². The van der Waals surface area contributed by atoms with Crippen molar-refractivity contribution in [2.24, 2.45) is 0 Å². The van der Waals surface area contributed by atoms with E-state index in [1.807, 2.05) is 0 Å². The second-order valence-corrected chi connectivity index (χ2v) is 7.15. The van der Waals surface area contributed by atoms with Gasteiger partial charge < -0.3 is 15.2 Å². The molecule has 0 fully saturated rings. The van der Waals surface area contributed by atoms with Gasteiger partial charge in [-0.05, 0) is 44.9 Å². The van der Waals surface area contributed by atoms with E-state index in [0.29, 0.717) is 11.1 Å². The van der Waals surface area contributed by atoms with Crippen LogP contribution in [-0.4, -0.2) is 40.4 Å². The molecule has 0 aliphatic heterocycles. The highest BCUT2D eigenvalue weighted by molar-refractivity contribution is 6.19. The summed E-state index contributed by atoms with van der Waals surface area (Å²) in [6, 6.07) is 5.65. The molecule has 2 N–H and O–H groups in total. The Kier molecular flexibility index (Phi) is 7.45. The van der Waals surface area contributed by atoms with Gasteiger partial charge in [0, 0.05) is 13.3 Å². The molecule has 1 atom stereocenters. The maximum Gasteiger partial charge on any atom is 0.342 e. The maximum absolute atomic E-state index is 12.2. The summed E-state index contributed by atoms with van der Waals surface area (Å²) < 4.78 is 5.24. The van der Waals surface area contributed by atoms with Crippen molar-refractivity contribution in [3.63, 3.8) is 0 Å². The summed E-state index contributed by atoms with van der Waals surface area (Å²) in [5, 5.41) is 11.5. The minimum Gasteiger partial charge on any atom is -0.480 e. The van der Waals surface area contributed by atoms with Crippen LogP contribution in [0.1, 0.15) is 45.7 Å². The number of carbonyl (C=O) groups excluding carboxylic acids is 3. The molecule has 1 aromatic carbocycles. The Balaban J connectivity index is 3.00. The van der Waals surface area contributed by atoms with Gasteiger partial charge in [-0.25, -0.2) is 9.59 Å². The summed E-state index contributed by atoms with van der Waals surface area (Å²) in [5.41, 5.74) is 0.501. The molecule has 1 unspecified atom stereocenters. The Labute approximate surface area is 158 Å². The average molecular weight is 375 g/mol. The van der Waals surface area contributed by atoms with Crippen LogP contribution in [0.4, 0.5) is 0 Å². The van der Waals surface area contributed by atoms with E-state index in [0.717, 1.165) is 0 Å². The molecule has 0 radical (unpaired) electrons. The molecule has 0 aliphatic rings. The van der Waals surface area contributed by atoms with Gasteiger partial charge in [0.05, 0.1) is 0 Å². The number of hydrogen-bond acceptors (Lipinski definition) is 5. The SMILES string of the molecule is CC(=O)NC(Cc1ccc(/C=C(\C(C)=O)C(=O)OC(C)(C)C)cc1)C(=O)O. The fraction of sp³-hybridized carbons (Fsp3) is 0.400. The number of esters is 1. The zero-order valence-corrected chi connectivity index (χ0v) is 16.2. The summed E-state index contributed by atoms with van der Waals surface area (Å²) in [7, 11) is 0. The highest BCUT2D eigenvalue weighted by Gasteiger charge is 2.23. The summed E-state index contributed by atoms with van der Waals surface area (Å²) in [4.78, 5) is 46.3. The van der Waals surface area contributed by atoms with Gasteiger partial charge in [-0.15, -0.1) is 0 Å². The number of carboxylic acids is 1. The molecule has 0 heterocycles. The van der Waals surface area contributed by atoms with Gasteiger partial charge in [-0.1, -0.05) is 24.3 Å². The van der Waals surface area contributed by atoms with Gasteiger partial charge in [0.1, 0.15) is 17.2 Å². The lowest BCUT2D eigenvalue weighted by Crippen LogP contribution is -2.41. The van der Waals surface area contributed by atoms with Crippen molar-refractivity contribution < 1.29 is 29.0 Å². The topological polar surface area (TPSA) is 110 Å². The Morgan fingerprint density at radius 3 is 2.07 bits per heavy atom. The van der Waals surface area contributed by atoms with E-state index in [2.05, 4.69) is 5.32 Å². The van der Waals surface area contributed by atoms with E-state index in [-0.39, 0.29) is 12.0 Å². The molecular weight excluding hydrogens is 350 g/mol. The Bertz CT molecular complexity index is 756. The summed E-state index contributed by atoms with van der Waals surface area (Å²) in [6.07, 6.45) is 1.55. The van der Waals surface area contributed by atoms with Gasteiger partial charge in [0.2, 0.25) is 5.91 Å². The molecule has 1 amide bonds. The minimum absolute atomic E-state index is 0.0701. The molecule has 7 heteroatoms. The largest absolute Gasteiger partial charge is 0.480 e. The van der Waals surface area contributed by atoms with Gasteiger partial charge in [-0.2, -0.15) is 0 Å². The summed E-state index contributed by atoms with van der Waals surface area (Å²) in [6.45, 7) is 7.68. The van der Waals surface area contributed by atoms with Gasteiger partial charge in [-0.3, -0.25) is 9.59 Å². The van der Waals surface area contributed by atoms with E-state index in [4.69, 9.17) is 9.84 Å². The number of ketones is 1. The molecule has 1 rings (SSSR count). The van der Waals surface area contributed by atoms with Gasteiger partial charge >= 0.3 is 11.9 Å². The summed E-state index contributed by atoms with van der Waals surface area (Å²) >= 11 is 0. The van der Waals surface area contributed by atoms with Crippen LogP contribution in [0.15, 0.2) is 29.8 Å². The van der Waals surface area contributed by atoms with E-state index in [9.17, 15) is 19.2 Å². The van der Waals surface area contributed by atoms with Crippen LogP contribution in [0.2, 0.25) is 0 Å². The van der Waals surface area contributed by atoms with E-state index in [1.165, 1.54) is 19.9 Å². The first-order valence-electron chi connectivity index (χ1n) is 8.44. The molecular formula is C20H25NO6. The number of carboxylic acid groups (broad SMARTS) is 1. The third-order valence-corrected chi connectivity index (χ3v) is 3.40. The lowest BCUT2D eigenvalue weighted by molar-refractivity contribution is -0.150. The zero-order valence-electron chi connectivity index (χ0n) is 16.2. The molecule has 0 spiro atoms. The average Bonchev–Trinajstić information content (AvgIpc) is 2.50. The molecule has 27 heavy (non-hydrogen) atoms. The number of amides is 1. The first kappa shape index (κ1) is 22.1. The van der Waals surface area contributed by atoms with E-state index in [1.54, 1.807) is 45.0 Å². The molecule has 0 bridgehead atoms. The molecule has 0 saturated carbocycles. The van der Waals surface area contributed by atoms with E-state index >= 15 is 0 Å². The number of hydrogen-bond donors (Lipinski definition) is 2. The van der Waals surface area contributed by atoms with Crippen LogP contribution < -0.4 is 5.32 Å². The lowest BCUT2D eigenvalue weighted by Gasteiger charge is -2.20. The summed E-state index contributed by atoms with van der Waals surface area (Å²) in [5.74, 6) is -2.66. The molecule has 0 aromatic heterocycles. The second-order valence-electron chi connectivity index (χ2n) is 7.15. The van der Waals surface area contributed by atoms with E-state index < -0.39 is 35.3 Å². The molecule has 7 nitrogen and oxygen atoms in total. The number of aliphatic carboxylic acids is 1. The van der Waals surface area contributed by atoms with Crippen molar-refractivity contribution in [1.82, 2.24) is 5.32 Å². The first-order chi connectivity index (χ1) is 12.4. The Morgan fingerprint density at radius 1 is 1.11 bits per heavy atom. The van der Waals surface area contributed by atoms with Crippen LogP contribution in [0, 0.1) is 0 Å². The Hall–Kier alpha value is -2.96. The third kappa shape index (κ3) is 7.85. The van der Waals surface area contributed by atoms with Crippen LogP contribution in [0.25, 0.3) is 6.08 Å². The molecule has 0 saturated heterocycles. The number of Topliss-reactive ketones (excluding diaryl/α,β-unsaturated/α-hetero) is 1. The van der Waals surface area contributed by atoms with Crippen LogP contribution in [0.5, 0.6) is 0 Å². The van der Waals surface area contributed by atoms with Crippen molar-refractivity contribution in [3.8, 4) is 0 Å². The highest BCUT2D eigenvalue weighted by atomic mass is 16.6. The fourth-order valence-corrected chi connectivity index (χ4v) is 2.24. The second kappa shape index (κ2) is 9.12. The van der Waals surface area contributed by atoms with Crippen LogP contribution in [-0.2, 0) is 30.3 Å². The van der Waals surface area contributed by atoms with Crippen LogP contribution >= 0.6 is 0 Å². The van der Waals surface area contributed by atoms with Crippen molar-refractivity contribution in [3.05, 3.63) is 41.0 Å². The molecule has 1 aromatic rings. The number of carbonyl (C=O) groups is 4. The van der Waals surface area contributed by atoms with Crippen molar-refractivity contribution in [1.29, 1.82) is 0 Å². The quantitative estimate of drug-likeness (QED) is 0.327. The first-order valence-corrected chi connectivity index (χ1v) is 8.44. The monoisotopic (exact) mass is 375 g/mol. The van der Waals surface area contributed by atoms with Crippen molar-refractivity contribution in [2.45, 2.75) is 52.7 Å². The molecule has 0 aliphatic carbocycles. The van der Waals surface area contributed by atoms with Gasteiger partial charge in [0.15, 0.2) is 5.78 Å².